The van der Waals surface area contributed by atoms with E-state index in [0.29, 0.717) is 17.3 Å². The van der Waals surface area contributed by atoms with E-state index in [1.807, 2.05) is 31.2 Å². The van der Waals surface area contributed by atoms with Gasteiger partial charge in [-0.15, -0.1) is 0 Å². The smallest absolute Gasteiger partial charge is 0.245 e. The second kappa shape index (κ2) is 6.21. The number of nitrogens with one attached hydrogen (secondary N) is 1. The van der Waals surface area contributed by atoms with E-state index in [1.54, 1.807) is 13.0 Å². The molecule has 1 heterocycles. The minimum Gasteiger partial charge on any atom is -0.360 e. The number of hydrogen-bond acceptors (Lipinski definition) is 4. The van der Waals surface area contributed by atoms with Crippen LogP contribution in [0.4, 0.5) is 11.5 Å². The van der Waals surface area contributed by atoms with Gasteiger partial charge in [-0.05, 0) is 26.0 Å². The highest BCUT2D eigenvalue weighted by atomic mass is 16.5. The minimum absolute atomic E-state index is 0.0791. The largest absolute Gasteiger partial charge is 0.360 e. The first-order valence-corrected chi connectivity index (χ1v) is 6.53. The Morgan fingerprint density at radius 2 is 1.90 bits per heavy atom. The summed E-state index contributed by atoms with van der Waals surface area (Å²) in [5.74, 6) is 0.404. The third-order valence-corrected chi connectivity index (χ3v) is 2.92. The van der Waals surface area contributed by atoms with Gasteiger partial charge in [0.15, 0.2) is 5.82 Å². The summed E-state index contributed by atoms with van der Waals surface area (Å²) in [6, 6.07) is 9.02. The van der Waals surface area contributed by atoms with Crippen LogP contribution in [0.1, 0.15) is 18.2 Å². The van der Waals surface area contributed by atoms with Crippen molar-refractivity contribution in [2.24, 2.45) is 0 Å². The molecule has 0 aliphatic heterocycles. The van der Waals surface area contributed by atoms with E-state index in [9.17, 15) is 9.59 Å². The Bertz CT molecular complexity index is 646. The maximum Gasteiger partial charge on any atom is 0.245 e. The molecule has 1 aromatic heterocycles. The summed E-state index contributed by atoms with van der Waals surface area (Å²) >= 11 is 0. The number of nitrogens with zero attached hydrogens (tertiary/aromatic N) is 2. The van der Waals surface area contributed by atoms with Gasteiger partial charge in [-0.25, -0.2) is 0 Å². The Morgan fingerprint density at radius 1 is 1.24 bits per heavy atom. The van der Waals surface area contributed by atoms with Gasteiger partial charge in [0.25, 0.3) is 0 Å². The lowest BCUT2D eigenvalue weighted by atomic mass is 10.2. The summed E-state index contributed by atoms with van der Waals surface area (Å²) in [4.78, 5) is 25.1. The Morgan fingerprint density at radius 3 is 2.43 bits per heavy atom. The van der Waals surface area contributed by atoms with Crippen molar-refractivity contribution in [3.8, 4) is 0 Å². The Hall–Kier alpha value is -2.63. The van der Waals surface area contributed by atoms with E-state index in [4.69, 9.17) is 4.52 Å². The quantitative estimate of drug-likeness (QED) is 0.936. The van der Waals surface area contributed by atoms with Crippen molar-refractivity contribution in [1.82, 2.24) is 5.16 Å². The molecule has 0 saturated heterocycles. The van der Waals surface area contributed by atoms with E-state index < -0.39 is 0 Å². The summed E-state index contributed by atoms with van der Waals surface area (Å²) in [7, 11) is 0. The van der Waals surface area contributed by atoms with Crippen LogP contribution in [-0.4, -0.2) is 23.5 Å². The summed E-state index contributed by atoms with van der Waals surface area (Å²) in [5.41, 5.74) is 1.77. The van der Waals surface area contributed by atoms with Crippen molar-refractivity contribution in [1.29, 1.82) is 0 Å². The zero-order valence-corrected chi connectivity index (χ0v) is 12.2. The van der Waals surface area contributed by atoms with E-state index in [-0.39, 0.29) is 18.4 Å². The van der Waals surface area contributed by atoms with E-state index in [0.717, 1.165) is 5.56 Å². The highest BCUT2D eigenvalue weighted by molar-refractivity contribution is 6.01. The standard InChI is InChI=1S/C15H17N3O3/c1-10-4-6-13(7-5-10)18(12(3)19)9-15(20)16-14-8-11(2)21-17-14/h4-8H,9H2,1-3H3,(H,16,17,20). The molecule has 1 aromatic carbocycles. The highest BCUT2D eigenvalue weighted by Gasteiger charge is 2.16. The van der Waals surface area contributed by atoms with Gasteiger partial charge in [-0.3, -0.25) is 9.59 Å². The number of aryl methyl sites for hydroxylation is 2. The number of carbonyl (C=O) groups is 2. The van der Waals surface area contributed by atoms with Crippen LogP contribution in [0.15, 0.2) is 34.9 Å². The number of amides is 2. The molecule has 0 atom stereocenters. The number of aromatic nitrogens is 1. The third kappa shape index (κ3) is 3.92. The van der Waals surface area contributed by atoms with Crippen molar-refractivity contribution in [3.63, 3.8) is 0 Å². The first-order valence-electron chi connectivity index (χ1n) is 6.53. The summed E-state index contributed by atoms with van der Waals surface area (Å²) in [6.07, 6.45) is 0. The van der Waals surface area contributed by atoms with E-state index >= 15 is 0 Å². The number of benzene rings is 1. The van der Waals surface area contributed by atoms with Crippen molar-refractivity contribution >= 4 is 23.3 Å². The second-order valence-electron chi connectivity index (χ2n) is 4.81. The molecule has 2 amide bonds. The number of rotatable bonds is 4. The molecule has 21 heavy (non-hydrogen) atoms. The molecule has 2 aromatic rings. The predicted octanol–water partition coefficient (Wildman–Crippen LogP) is 2.28. The highest BCUT2D eigenvalue weighted by Crippen LogP contribution is 2.15. The van der Waals surface area contributed by atoms with Crippen LogP contribution in [0.25, 0.3) is 0 Å². The Labute approximate surface area is 122 Å². The number of hydrogen-bond donors (Lipinski definition) is 1. The maximum atomic E-state index is 12.0. The van der Waals surface area contributed by atoms with Crippen molar-refractivity contribution in [2.75, 3.05) is 16.8 Å². The molecule has 0 fully saturated rings. The normalized spacial score (nSPS) is 10.2. The molecule has 0 saturated carbocycles. The molecule has 0 aliphatic rings. The summed E-state index contributed by atoms with van der Waals surface area (Å²) in [6.45, 7) is 5.04. The van der Waals surface area contributed by atoms with Gasteiger partial charge in [-0.1, -0.05) is 22.9 Å². The topological polar surface area (TPSA) is 75.4 Å². The second-order valence-corrected chi connectivity index (χ2v) is 4.81. The first kappa shape index (κ1) is 14.8. The van der Waals surface area contributed by atoms with Crippen LogP contribution in [-0.2, 0) is 9.59 Å². The predicted molar refractivity (Wildman–Crippen MR) is 79.1 cm³/mol. The fraction of sp³-hybridized carbons (Fsp3) is 0.267. The lowest BCUT2D eigenvalue weighted by Crippen LogP contribution is -2.36. The molecule has 0 radical (unpaired) electrons. The molecule has 6 heteroatoms. The van der Waals surface area contributed by atoms with E-state index in [1.165, 1.54) is 11.8 Å². The van der Waals surface area contributed by atoms with Crippen LogP contribution >= 0.6 is 0 Å². The van der Waals surface area contributed by atoms with Crippen molar-refractivity contribution in [3.05, 3.63) is 41.7 Å². The van der Waals surface area contributed by atoms with Gasteiger partial charge >= 0.3 is 0 Å². The Balaban J connectivity index is 2.07. The monoisotopic (exact) mass is 287 g/mol. The molecule has 0 spiro atoms. The maximum absolute atomic E-state index is 12.0. The average Bonchev–Trinajstić information content (AvgIpc) is 2.82. The summed E-state index contributed by atoms with van der Waals surface area (Å²) in [5, 5.41) is 6.27. The molecule has 110 valence electrons. The molecule has 0 unspecified atom stereocenters. The zero-order valence-electron chi connectivity index (χ0n) is 12.2. The van der Waals surface area contributed by atoms with Crippen LogP contribution < -0.4 is 10.2 Å². The molecular formula is C15H17N3O3. The van der Waals surface area contributed by atoms with Crippen LogP contribution in [0.2, 0.25) is 0 Å². The first-order chi connectivity index (χ1) is 9.95. The van der Waals surface area contributed by atoms with Gasteiger partial charge in [-0.2, -0.15) is 0 Å². The molecule has 6 nitrogen and oxygen atoms in total. The zero-order chi connectivity index (χ0) is 15.4. The van der Waals surface area contributed by atoms with Gasteiger partial charge < -0.3 is 14.7 Å². The molecular weight excluding hydrogens is 270 g/mol. The SMILES string of the molecule is CC(=O)N(CC(=O)Nc1cc(C)on1)c1ccc(C)cc1. The van der Waals surface area contributed by atoms with Crippen LogP contribution in [0.5, 0.6) is 0 Å². The van der Waals surface area contributed by atoms with Gasteiger partial charge in [0.05, 0.1) is 0 Å². The fourth-order valence-corrected chi connectivity index (χ4v) is 1.86. The Kier molecular flexibility index (Phi) is 4.37. The number of anilines is 2. The lowest BCUT2D eigenvalue weighted by molar-refractivity contribution is -0.120. The van der Waals surface area contributed by atoms with Crippen molar-refractivity contribution in [2.45, 2.75) is 20.8 Å². The third-order valence-electron chi connectivity index (χ3n) is 2.92. The van der Waals surface area contributed by atoms with Crippen molar-refractivity contribution < 1.29 is 14.1 Å². The minimum atomic E-state index is -0.334. The molecule has 0 aliphatic carbocycles. The van der Waals surface area contributed by atoms with Gasteiger partial charge in [0.2, 0.25) is 11.8 Å². The average molecular weight is 287 g/mol. The fourth-order valence-electron chi connectivity index (χ4n) is 1.86. The molecule has 1 N–H and O–H groups in total. The molecule has 0 bridgehead atoms. The van der Waals surface area contributed by atoms with Crippen LogP contribution in [0, 0.1) is 13.8 Å². The van der Waals surface area contributed by atoms with Gasteiger partial charge in [0, 0.05) is 18.7 Å². The summed E-state index contributed by atoms with van der Waals surface area (Å²) < 4.78 is 4.87. The van der Waals surface area contributed by atoms with Gasteiger partial charge in [0.1, 0.15) is 12.3 Å². The van der Waals surface area contributed by atoms with Crippen LogP contribution in [0.3, 0.4) is 0 Å². The van der Waals surface area contributed by atoms with E-state index in [2.05, 4.69) is 10.5 Å². The molecule has 2 rings (SSSR count). The lowest BCUT2D eigenvalue weighted by Gasteiger charge is -2.20. The number of carbonyl (C=O) groups excluding carboxylic acids is 2.